The molecule has 0 heterocycles. The Hall–Kier alpha value is -3.91. The fourth-order valence-electron chi connectivity index (χ4n) is 4.67. The van der Waals surface area contributed by atoms with Crippen molar-refractivity contribution >= 4 is 11.8 Å². The molecule has 3 aromatic carbocycles. The number of ketones is 1. The number of phenols is 1. The van der Waals surface area contributed by atoms with Gasteiger partial charge >= 0.3 is 5.97 Å². The van der Waals surface area contributed by atoms with Crippen LogP contribution < -0.4 is 0 Å². The smallest absolute Gasteiger partial charge is 0.339 e. The van der Waals surface area contributed by atoms with Crippen molar-refractivity contribution in [1.29, 1.82) is 0 Å². The standard InChI is InChI=1S/C30H27FO4/c31-25-14-10-21(11-15-25)8-9-22-12-16-26(23(18-22)7-3-6-20-4-1-2-5-20)29(33)24-13-17-27(30(34)35)28(32)19-24/h10-20,32H,1-7H2,(H,34,35). The summed E-state index contributed by atoms with van der Waals surface area (Å²) in [4.78, 5) is 24.5. The van der Waals surface area contributed by atoms with Crippen LogP contribution in [-0.4, -0.2) is 22.0 Å². The molecule has 0 aliphatic heterocycles. The topological polar surface area (TPSA) is 74.6 Å². The number of carboxylic acids is 1. The molecule has 0 unspecified atom stereocenters. The number of carbonyl (C=O) groups is 2. The van der Waals surface area contributed by atoms with E-state index >= 15 is 0 Å². The van der Waals surface area contributed by atoms with Crippen LogP contribution in [0.5, 0.6) is 5.75 Å². The summed E-state index contributed by atoms with van der Waals surface area (Å²) in [6, 6.07) is 15.3. The summed E-state index contributed by atoms with van der Waals surface area (Å²) in [5.74, 6) is 4.60. The van der Waals surface area contributed by atoms with E-state index in [0.29, 0.717) is 11.1 Å². The quantitative estimate of drug-likeness (QED) is 0.311. The molecule has 0 spiro atoms. The maximum atomic E-state index is 13.3. The van der Waals surface area contributed by atoms with Gasteiger partial charge in [0.2, 0.25) is 0 Å². The van der Waals surface area contributed by atoms with Gasteiger partial charge < -0.3 is 10.2 Å². The Morgan fingerprint density at radius 3 is 2.23 bits per heavy atom. The van der Waals surface area contributed by atoms with Gasteiger partial charge in [-0.2, -0.15) is 0 Å². The van der Waals surface area contributed by atoms with Crippen molar-refractivity contribution < 1.29 is 24.2 Å². The highest BCUT2D eigenvalue weighted by atomic mass is 19.1. The second-order valence-corrected chi connectivity index (χ2v) is 9.04. The van der Waals surface area contributed by atoms with E-state index in [0.717, 1.165) is 36.3 Å². The number of halogens is 1. The molecule has 1 fully saturated rings. The van der Waals surface area contributed by atoms with E-state index in [4.69, 9.17) is 5.11 Å². The fourth-order valence-corrected chi connectivity index (χ4v) is 4.67. The first-order chi connectivity index (χ1) is 16.9. The molecule has 3 aromatic rings. The largest absolute Gasteiger partial charge is 0.507 e. The first-order valence-corrected chi connectivity index (χ1v) is 11.9. The van der Waals surface area contributed by atoms with Crippen LogP contribution in [0.4, 0.5) is 4.39 Å². The zero-order valence-corrected chi connectivity index (χ0v) is 19.4. The molecule has 0 atom stereocenters. The molecule has 1 aliphatic carbocycles. The van der Waals surface area contributed by atoms with Gasteiger partial charge in [-0.3, -0.25) is 4.79 Å². The van der Waals surface area contributed by atoms with Crippen LogP contribution in [0, 0.1) is 23.6 Å². The van der Waals surface area contributed by atoms with E-state index in [1.807, 2.05) is 6.07 Å². The Bertz CT molecular complexity index is 1290. The Morgan fingerprint density at radius 2 is 1.54 bits per heavy atom. The Balaban J connectivity index is 1.61. The lowest BCUT2D eigenvalue weighted by Gasteiger charge is -2.12. The van der Waals surface area contributed by atoms with Crippen molar-refractivity contribution in [1.82, 2.24) is 0 Å². The lowest BCUT2D eigenvalue weighted by atomic mass is 9.91. The predicted molar refractivity (Wildman–Crippen MR) is 132 cm³/mol. The molecule has 178 valence electrons. The third-order valence-corrected chi connectivity index (χ3v) is 6.57. The minimum Gasteiger partial charge on any atom is -0.507 e. The molecule has 0 aromatic heterocycles. The average molecular weight is 471 g/mol. The van der Waals surface area contributed by atoms with E-state index in [1.165, 1.54) is 56.0 Å². The molecule has 0 bridgehead atoms. The van der Waals surface area contributed by atoms with Gasteiger partial charge in [0.25, 0.3) is 0 Å². The van der Waals surface area contributed by atoms with Crippen LogP contribution in [0.1, 0.15) is 81.5 Å². The summed E-state index contributed by atoms with van der Waals surface area (Å²) in [5.41, 5.74) is 2.83. The number of aryl methyl sites for hydroxylation is 1. The number of rotatable bonds is 7. The minimum atomic E-state index is -1.25. The number of hydrogen-bond acceptors (Lipinski definition) is 3. The Morgan fingerprint density at radius 1 is 0.886 bits per heavy atom. The van der Waals surface area contributed by atoms with Crippen molar-refractivity contribution in [2.45, 2.75) is 44.9 Å². The van der Waals surface area contributed by atoms with Crippen LogP contribution in [0.25, 0.3) is 0 Å². The molecule has 0 amide bonds. The zero-order chi connectivity index (χ0) is 24.8. The first kappa shape index (κ1) is 24.2. The third-order valence-electron chi connectivity index (χ3n) is 6.57. The van der Waals surface area contributed by atoms with Crippen LogP contribution in [0.15, 0.2) is 60.7 Å². The number of aromatic carboxylic acids is 1. The van der Waals surface area contributed by atoms with Gasteiger partial charge in [-0.1, -0.05) is 43.9 Å². The molecule has 0 radical (unpaired) electrons. The van der Waals surface area contributed by atoms with Crippen LogP contribution in [0.2, 0.25) is 0 Å². The monoisotopic (exact) mass is 470 g/mol. The SMILES string of the molecule is O=C(O)c1ccc(C(=O)c2ccc(C#Cc3ccc(F)cc3)cc2CCCC2CCCC2)cc1O. The molecule has 2 N–H and O–H groups in total. The number of hydrogen-bond donors (Lipinski definition) is 2. The minimum absolute atomic E-state index is 0.231. The summed E-state index contributed by atoms with van der Waals surface area (Å²) in [6.45, 7) is 0. The highest BCUT2D eigenvalue weighted by Gasteiger charge is 2.19. The summed E-state index contributed by atoms with van der Waals surface area (Å²) in [5, 5.41) is 19.2. The molecule has 4 nitrogen and oxygen atoms in total. The summed E-state index contributed by atoms with van der Waals surface area (Å²) < 4.78 is 13.2. The van der Waals surface area contributed by atoms with Gasteiger partial charge in [-0.25, -0.2) is 9.18 Å². The summed E-state index contributed by atoms with van der Waals surface area (Å²) >= 11 is 0. The van der Waals surface area contributed by atoms with Gasteiger partial charge in [0.1, 0.15) is 17.1 Å². The second-order valence-electron chi connectivity index (χ2n) is 9.04. The van der Waals surface area contributed by atoms with E-state index < -0.39 is 11.7 Å². The summed E-state index contributed by atoms with van der Waals surface area (Å²) in [7, 11) is 0. The van der Waals surface area contributed by atoms with Crippen molar-refractivity contribution in [2.75, 3.05) is 0 Å². The van der Waals surface area contributed by atoms with Gasteiger partial charge in [0.15, 0.2) is 5.78 Å². The van der Waals surface area contributed by atoms with Crippen LogP contribution in [0.3, 0.4) is 0 Å². The van der Waals surface area contributed by atoms with Gasteiger partial charge in [-0.05, 0) is 85.0 Å². The van der Waals surface area contributed by atoms with Crippen molar-refractivity contribution in [3.8, 4) is 17.6 Å². The third kappa shape index (κ3) is 6.16. The Labute approximate surface area is 204 Å². The number of aromatic hydroxyl groups is 1. The Kier molecular flexibility index (Phi) is 7.62. The van der Waals surface area contributed by atoms with E-state index in [1.54, 1.807) is 24.3 Å². The van der Waals surface area contributed by atoms with Crippen molar-refractivity contribution in [3.63, 3.8) is 0 Å². The molecule has 35 heavy (non-hydrogen) atoms. The summed E-state index contributed by atoms with van der Waals surface area (Å²) in [6.07, 6.45) is 7.92. The van der Waals surface area contributed by atoms with Gasteiger partial charge in [-0.15, -0.1) is 0 Å². The molecule has 5 heteroatoms. The fraction of sp³-hybridized carbons (Fsp3) is 0.267. The maximum Gasteiger partial charge on any atom is 0.339 e. The molecule has 1 aliphatic rings. The first-order valence-electron chi connectivity index (χ1n) is 11.9. The lowest BCUT2D eigenvalue weighted by molar-refractivity contribution is 0.0693. The molecular formula is C30H27FO4. The predicted octanol–water partition coefficient (Wildman–Crippen LogP) is 6.37. The maximum absolute atomic E-state index is 13.3. The zero-order valence-electron chi connectivity index (χ0n) is 19.4. The highest BCUT2D eigenvalue weighted by Crippen LogP contribution is 2.30. The second kappa shape index (κ2) is 11.0. The highest BCUT2D eigenvalue weighted by molar-refractivity contribution is 6.10. The molecular weight excluding hydrogens is 443 g/mol. The average Bonchev–Trinajstić information content (AvgIpc) is 3.37. The van der Waals surface area contributed by atoms with Gasteiger partial charge in [0, 0.05) is 22.3 Å². The van der Waals surface area contributed by atoms with E-state index in [-0.39, 0.29) is 22.7 Å². The van der Waals surface area contributed by atoms with E-state index in [2.05, 4.69) is 11.8 Å². The van der Waals surface area contributed by atoms with Crippen LogP contribution in [-0.2, 0) is 6.42 Å². The van der Waals surface area contributed by atoms with Gasteiger partial charge in [0.05, 0.1) is 0 Å². The molecule has 1 saturated carbocycles. The normalized spacial score (nSPS) is 13.3. The van der Waals surface area contributed by atoms with E-state index in [9.17, 15) is 19.1 Å². The number of carbonyl (C=O) groups excluding carboxylic acids is 1. The van der Waals surface area contributed by atoms with Crippen molar-refractivity contribution in [3.05, 3.63) is 99.9 Å². The molecule has 0 saturated heterocycles. The van der Waals surface area contributed by atoms with Crippen LogP contribution >= 0.6 is 0 Å². The number of benzene rings is 3. The molecule has 4 rings (SSSR count). The number of carboxylic acid groups (broad SMARTS) is 1. The lowest BCUT2D eigenvalue weighted by Crippen LogP contribution is -2.08. The van der Waals surface area contributed by atoms with Crippen molar-refractivity contribution in [2.24, 2.45) is 5.92 Å².